The summed E-state index contributed by atoms with van der Waals surface area (Å²) in [6, 6.07) is 32.3. The number of imidazole rings is 1. The molecular formula is C45H51N3O. The van der Waals surface area contributed by atoms with E-state index in [0.717, 1.165) is 55.9 Å². The Balaban J connectivity index is 1.57. The molecule has 4 aromatic carbocycles. The molecule has 1 atom stereocenters. The lowest BCUT2D eigenvalue weighted by atomic mass is 9.81. The molecule has 0 bridgehead atoms. The highest BCUT2D eigenvalue weighted by Crippen LogP contribution is 2.43. The second-order valence-corrected chi connectivity index (χ2v) is 16.7. The Kier molecular flexibility index (Phi) is 8.59. The fourth-order valence-corrected chi connectivity index (χ4v) is 6.62. The zero-order chi connectivity index (χ0) is 35.5. The van der Waals surface area contributed by atoms with Crippen LogP contribution in [0.4, 0.5) is 0 Å². The molecule has 4 nitrogen and oxygen atoms in total. The zero-order valence-electron chi connectivity index (χ0n) is 31.1. The van der Waals surface area contributed by atoms with Gasteiger partial charge in [-0.25, -0.2) is 4.98 Å². The highest BCUT2D eigenvalue weighted by Gasteiger charge is 2.26. The molecule has 2 aromatic heterocycles. The van der Waals surface area contributed by atoms with Gasteiger partial charge >= 0.3 is 0 Å². The van der Waals surface area contributed by atoms with Crippen LogP contribution in [0.15, 0.2) is 97.2 Å². The van der Waals surface area contributed by atoms with Crippen molar-refractivity contribution in [2.45, 2.75) is 91.4 Å². The number of nitrogens with zero attached hydrogens (tertiary/aromatic N) is 3. The maximum atomic E-state index is 12.0. The largest absolute Gasteiger partial charge is 0.507 e. The minimum absolute atomic E-state index is 0.0106. The number of aromatic hydroxyl groups is 1. The number of benzene rings is 4. The van der Waals surface area contributed by atoms with Crippen molar-refractivity contribution in [3.8, 4) is 39.5 Å². The van der Waals surface area contributed by atoms with E-state index in [1.807, 2.05) is 12.3 Å². The van der Waals surface area contributed by atoms with Crippen LogP contribution < -0.4 is 0 Å². The molecular weight excluding hydrogens is 599 g/mol. The Morgan fingerprint density at radius 2 is 1.27 bits per heavy atom. The second-order valence-electron chi connectivity index (χ2n) is 16.7. The van der Waals surface area contributed by atoms with Crippen LogP contribution >= 0.6 is 0 Å². The molecule has 6 aromatic rings. The minimum atomic E-state index is -0.120. The van der Waals surface area contributed by atoms with E-state index in [4.69, 9.17) is 9.97 Å². The first-order valence-electron chi connectivity index (χ1n) is 17.4. The van der Waals surface area contributed by atoms with Crippen LogP contribution in [-0.2, 0) is 23.3 Å². The Morgan fingerprint density at radius 3 is 1.92 bits per heavy atom. The Labute approximate surface area is 292 Å². The topological polar surface area (TPSA) is 50.9 Å². The molecule has 4 heteroatoms. The van der Waals surface area contributed by atoms with Gasteiger partial charge in [0, 0.05) is 35.9 Å². The lowest BCUT2D eigenvalue weighted by Crippen LogP contribution is -2.13. The SMILES string of the molecule is CC(c1ccccc1)c1cc(C(C)(C)C)cc(-c2nc3c(-c4cc(-c5cc(C(C)(C)C)ccn5)cc(C(C)(C)C)c4)cccc3n2C)c1O. The Bertz CT molecular complexity index is 2150. The van der Waals surface area contributed by atoms with Crippen LogP contribution in [0.25, 0.3) is 44.8 Å². The van der Waals surface area contributed by atoms with Crippen molar-refractivity contribution in [2.75, 3.05) is 0 Å². The van der Waals surface area contributed by atoms with E-state index in [1.165, 1.54) is 16.7 Å². The average molecular weight is 650 g/mol. The van der Waals surface area contributed by atoms with Crippen molar-refractivity contribution in [2.24, 2.45) is 7.05 Å². The molecule has 252 valence electrons. The minimum Gasteiger partial charge on any atom is -0.507 e. The number of aromatic nitrogens is 3. The quantitative estimate of drug-likeness (QED) is 0.202. The summed E-state index contributed by atoms with van der Waals surface area (Å²) in [4.78, 5) is 10.2. The van der Waals surface area contributed by atoms with Gasteiger partial charge < -0.3 is 9.67 Å². The van der Waals surface area contributed by atoms with Gasteiger partial charge in [0.05, 0.1) is 22.3 Å². The third kappa shape index (κ3) is 6.66. The summed E-state index contributed by atoms with van der Waals surface area (Å²) in [5.41, 5.74) is 12.5. The molecule has 0 saturated heterocycles. The molecule has 1 N–H and O–H groups in total. The van der Waals surface area contributed by atoms with Crippen molar-refractivity contribution in [1.82, 2.24) is 14.5 Å². The monoisotopic (exact) mass is 649 g/mol. The molecule has 0 aliphatic heterocycles. The molecule has 0 aliphatic carbocycles. The van der Waals surface area contributed by atoms with Crippen LogP contribution in [0.1, 0.15) is 103 Å². The molecule has 0 fully saturated rings. The van der Waals surface area contributed by atoms with E-state index >= 15 is 0 Å². The number of pyridine rings is 1. The van der Waals surface area contributed by atoms with Crippen LogP contribution in [0.3, 0.4) is 0 Å². The van der Waals surface area contributed by atoms with Gasteiger partial charge in [-0.2, -0.15) is 0 Å². The zero-order valence-corrected chi connectivity index (χ0v) is 31.1. The number of aryl methyl sites for hydroxylation is 1. The third-order valence-electron chi connectivity index (χ3n) is 9.96. The number of rotatable bonds is 5. The van der Waals surface area contributed by atoms with E-state index in [9.17, 15) is 5.11 Å². The molecule has 2 heterocycles. The third-order valence-corrected chi connectivity index (χ3v) is 9.96. The number of phenols is 1. The fraction of sp³-hybridized carbons (Fsp3) is 0.333. The van der Waals surface area contributed by atoms with Gasteiger partial charge in [-0.15, -0.1) is 0 Å². The van der Waals surface area contributed by atoms with Crippen LogP contribution in [-0.4, -0.2) is 19.6 Å². The summed E-state index contributed by atoms with van der Waals surface area (Å²) in [5.74, 6) is 1.04. The van der Waals surface area contributed by atoms with Crippen molar-refractivity contribution < 1.29 is 5.11 Å². The second kappa shape index (κ2) is 12.3. The van der Waals surface area contributed by atoms with Gasteiger partial charge in [-0.3, -0.25) is 4.98 Å². The normalized spacial score (nSPS) is 13.2. The number of fused-ring (bicyclic) bond motifs is 1. The van der Waals surface area contributed by atoms with Crippen molar-refractivity contribution in [3.05, 3.63) is 125 Å². The lowest BCUT2D eigenvalue weighted by molar-refractivity contribution is 0.466. The van der Waals surface area contributed by atoms with E-state index in [2.05, 4.69) is 166 Å². The predicted octanol–water partition coefficient (Wildman–Crippen LogP) is 11.7. The van der Waals surface area contributed by atoms with Gasteiger partial charge in [0.25, 0.3) is 0 Å². The van der Waals surface area contributed by atoms with Gasteiger partial charge in [-0.05, 0) is 80.5 Å². The first-order chi connectivity index (χ1) is 22.9. The standard InChI is InChI=1S/C45H51N3O/c1-28(29-16-13-12-14-17-29)36-25-34(45(8,9)10)26-37(41(36)49)42-47-40-35(18-15-19-39(40)48(42)11)30-22-31(24-33(23-30)44(5,6)7)38-27-32(20-21-46-38)43(2,3)4/h12-28,49H,1-11H3. The van der Waals surface area contributed by atoms with Gasteiger partial charge in [0.2, 0.25) is 0 Å². The summed E-state index contributed by atoms with van der Waals surface area (Å²) in [6.45, 7) is 22.3. The first kappa shape index (κ1) is 34.2. The Hall–Kier alpha value is -4.70. The smallest absolute Gasteiger partial charge is 0.144 e. The van der Waals surface area contributed by atoms with E-state index < -0.39 is 0 Å². The van der Waals surface area contributed by atoms with Gasteiger partial charge in [0.15, 0.2) is 0 Å². The number of para-hydroxylation sites is 1. The first-order valence-corrected chi connectivity index (χ1v) is 17.4. The van der Waals surface area contributed by atoms with Crippen molar-refractivity contribution in [1.29, 1.82) is 0 Å². The van der Waals surface area contributed by atoms with Gasteiger partial charge in [0.1, 0.15) is 11.6 Å². The van der Waals surface area contributed by atoms with Crippen molar-refractivity contribution >= 4 is 11.0 Å². The average Bonchev–Trinajstić information content (AvgIpc) is 3.39. The van der Waals surface area contributed by atoms with Crippen LogP contribution in [0, 0.1) is 0 Å². The molecule has 0 saturated carbocycles. The molecule has 0 spiro atoms. The molecule has 1 unspecified atom stereocenters. The van der Waals surface area contributed by atoms with E-state index in [-0.39, 0.29) is 27.9 Å². The molecule has 6 rings (SSSR count). The lowest BCUT2D eigenvalue weighted by Gasteiger charge is -2.24. The molecule has 49 heavy (non-hydrogen) atoms. The highest BCUT2D eigenvalue weighted by atomic mass is 16.3. The Morgan fingerprint density at radius 1 is 0.633 bits per heavy atom. The maximum Gasteiger partial charge on any atom is 0.144 e. The summed E-state index contributed by atoms with van der Waals surface area (Å²) >= 11 is 0. The predicted molar refractivity (Wildman–Crippen MR) is 207 cm³/mol. The number of hydrogen-bond donors (Lipinski definition) is 1. The molecule has 0 aliphatic rings. The van der Waals surface area contributed by atoms with Gasteiger partial charge in [-0.1, -0.05) is 124 Å². The van der Waals surface area contributed by atoms with Crippen LogP contribution in [0.5, 0.6) is 5.75 Å². The highest BCUT2D eigenvalue weighted by molar-refractivity contribution is 5.95. The van der Waals surface area contributed by atoms with Crippen LogP contribution in [0.2, 0.25) is 0 Å². The maximum absolute atomic E-state index is 12.0. The van der Waals surface area contributed by atoms with E-state index in [0.29, 0.717) is 0 Å². The summed E-state index contributed by atoms with van der Waals surface area (Å²) in [6.07, 6.45) is 1.93. The summed E-state index contributed by atoms with van der Waals surface area (Å²) in [7, 11) is 2.05. The molecule has 0 amide bonds. The molecule has 0 radical (unpaired) electrons. The fourth-order valence-electron chi connectivity index (χ4n) is 6.62. The number of hydrogen-bond acceptors (Lipinski definition) is 3. The number of phenolic OH excluding ortho intramolecular Hbond substituents is 1. The van der Waals surface area contributed by atoms with Crippen molar-refractivity contribution in [3.63, 3.8) is 0 Å². The summed E-state index contributed by atoms with van der Waals surface area (Å²) in [5, 5.41) is 12.0. The summed E-state index contributed by atoms with van der Waals surface area (Å²) < 4.78 is 2.13. The van der Waals surface area contributed by atoms with E-state index in [1.54, 1.807) is 0 Å².